The molecule has 1 aromatic heterocycles. The van der Waals surface area contributed by atoms with E-state index in [2.05, 4.69) is 36.8 Å². The lowest BCUT2D eigenvalue weighted by molar-refractivity contribution is 0.409. The number of nitriles is 1. The van der Waals surface area contributed by atoms with Crippen molar-refractivity contribution in [2.75, 3.05) is 7.11 Å². The molecule has 0 spiro atoms. The molecule has 96 valence electrons. The van der Waals surface area contributed by atoms with Gasteiger partial charge in [-0.1, -0.05) is 0 Å². The molecule has 4 nitrogen and oxygen atoms in total. The molecular weight excluding hydrogens is 376 g/mol. The van der Waals surface area contributed by atoms with Crippen molar-refractivity contribution in [2.45, 2.75) is 0 Å². The fraction of sp³-hybridized carbons (Fsp3) is 0.0769. The van der Waals surface area contributed by atoms with Crippen LogP contribution in [0.4, 0.5) is 0 Å². The lowest BCUT2D eigenvalue weighted by Crippen LogP contribution is -1.90. The number of halogens is 2. The van der Waals surface area contributed by atoms with Crippen LogP contribution in [0.3, 0.4) is 0 Å². The normalized spacial score (nSPS) is 9.79. The Labute approximate surface area is 127 Å². The molecule has 0 N–H and O–H groups in total. The molecule has 1 heterocycles. The number of ether oxygens (including phenoxy) is 2. The predicted octanol–water partition coefficient (Wildman–Crippen LogP) is 4.28. The van der Waals surface area contributed by atoms with Crippen LogP contribution in [0.25, 0.3) is 0 Å². The van der Waals surface area contributed by atoms with Gasteiger partial charge in [0.1, 0.15) is 29.0 Å². The highest BCUT2D eigenvalue weighted by atomic mass is 79.9. The number of hydrogen-bond acceptors (Lipinski definition) is 4. The van der Waals surface area contributed by atoms with Crippen LogP contribution in [0.2, 0.25) is 0 Å². The van der Waals surface area contributed by atoms with E-state index in [0.717, 1.165) is 8.95 Å². The van der Waals surface area contributed by atoms with E-state index in [1.54, 1.807) is 31.4 Å². The summed E-state index contributed by atoms with van der Waals surface area (Å²) < 4.78 is 12.4. The van der Waals surface area contributed by atoms with Gasteiger partial charge >= 0.3 is 0 Å². The average Bonchev–Trinajstić information content (AvgIpc) is 2.42. The Morgan fingerprint density at radius 1 is 1.16 bits per heavy atom. The predicted molar refractivity (Wildman–Crippen MR) is 77.4 cm³/mol. The summed E-state index contributed by atoms with van der Waals surface area (Å²) in [7, 11) is 1.59. The van der Waals surface area contributed by atoms with Crippen molar-refractivity contribution in [3.8, 4) is 23.3 Å². The maximum absolute atomic E-state index is 8.79. The molecule has 0 saturated carbocycles. The highest BCUT2D eigenvalue weighted by Crippen LogP contribution is 2.38. The third-order valence-corrected chi connectivity index (χ3v) is 3.52. The van der Waals surface area contributed by atoms with Crippen LogP contribution < -0.4 is 9.47 Å². The first-order chi connectivity index (χ1) is 9.13. The van der Waals surface area contributed by atoms with E-state index in [1.807, 2.05) is 6.07 Å². The van der Waals surface area contributed by atoms with Crippen molar-refractivity contribution < 1.29 is 9.47 Å². The minimum atomic E-state index is 0.307. The topological polar surface area (TPSA) is 55.1 Å². The Morgan fingerprint density at radius 3 is 2.53 bits per heavy atom. The van der Waals surface area contributed by atoms with Crippen LogP contribution in [0.15, 0.2) is 39.4 Å². The second kappa shape index (κ2) is 6.04. The summed E-state index contributed by atoms with van der Waals surface area (Å²) in [6.07, 6.45) is 1.53. The van der Waals surface area contributed by atoms with Gasteiger partial charge < -0.3 is 9.47 Å². The third-order valence-electron chi connectivity index (χ3n) is 2.28. The quantitative estimate of drug-likeness (QED) is 0.793. The zero-order valence-corrected chi connectivity index (χ0v) is 13.0. The van der Waals surface area contributed by atoms with Gasteiger partial charge in [-0.3, -0.25) is 0 Å². The van der Waals surface area contributed by atoms with E-state index in [-0.39, 0.29) is 0 Å². The van der Waals surface area contributed by atoms with Crippen LogP contribution in [0, 0.1) is 11.3 Å². The molecule has 0 amide bonds. The second-order valence-corrected chi connectivity index (χ2v) is 5.22. The fourth-order valence-corrected chi connectivity index (χ4v) is 2.30. The summed E-state index contributed by atoms with van der Waals surface area (Å²) in [5.41, 5.74) is 0.307. The van der Waals surface area contributed by atoms with Crippen LogP contribution in [-0.2, 0) is 0 Å². The van der Waals surface area contributed by atoms with E-state index in [0.29, 0.717) is 22.9 Å². The average molecular weight is 384 g/mol. The van der Waals surface area contributed by atoms with Gasteiger partial charge in [-0.2, -0.15) is 5.26 Å². The molecule has 1 aromatic carbocycles. The van der Waals surface area contributed by atoms with Crippen LogP contribution >= 0.6 is 31.9 Å². The molecule has 2 aromatic rings. The molecule has 2 rings (SSSR count). The SMILES string of the molecule is COc1cc(Br)c(Oc2ccnc(C#N)c2)cc1Br. The Kier molecular flexibility index (Phi) is 4.40. The minimum Gasteiger partial charge on any atom is -0.496 e. The fourth-order valence-electron chi connectivity index (χ4n) is 1.41. The van der Waals surface area contributed by atoms with Crippen LogP contribution in [0.5, 0.6) is 17.2 Å². The van der Waals surface area contributed by atoms with Crippen molar-refractivity contribution in [2.24, 2.45) is 0 Å². The van der Waals surface area contributed by atoms with Gasteiger partial charge in [-0.15, -0.1) is 0 Å². The van der Waals surface area contributed by atoms with Crippen molar-refractivity contribution >= 4 is 31.9 Å². The Bertz CT molecular complexity index is 654. The highest BCUT2D eigenvalue weighted by Gasteiger charge is 2.09. The van der Waals surface area contributed by atoms with E-state index < -0.39 is 0 Å². The van der Waals surface area contributed by atoms with Gasteiger partial charge in [-0.25, -0.2) is 4.98 Å². The number of pyridine rings is 1. The number of methoxy groups -OCH3 is 1. The molecule has 0 unspecified atom stereocenters. The monoisotopic (exact) mass is 382 g/mol. The van der Waals surface area contributed by atoms with Crippen molar-refractivity contribution in [1.29, 1.82) is 5.26 Å². The standard InChI is InChI=1S/C13H8Br2N2O2/c1-18-12-5-11(15)13(6-10(12)14)19-9-2-3-17-8(4-9)7-16/h2-6H,1H3. The summed E-state index contributed by atoms with van der Waals surface area (Å²) in [6, 6.07) is 8.81. The number of benzene rings is 1. The number of hydrogen-bond donors (Lipinski definition) is 0. The molecule has 19 heavy (non-hydrogen) atoms. The number of nitrogens with zero attached hydrogens (tertiary/aromatic N) is 2. The summed E-state index contributed by atoms with van der Waals surface area (Å²) >= 11 is 6.80. The Balaban J connectivity index is 2.33. The molecule has 0 aliphatic carbocycles. The number of aromatic nitrogens is 1. The van der Waals surface area contributed by atoms with E-state index in [9.17, 15) is 0 Å². The smallest absolute Gasteiger partial charge is 0.144 e. The summed E-state index contributed by atoms with van der Waals surface area (Å²) in [4.78, 5) is 3.88. The van der Waals surface area contributed by atoms with E-state index >= 15 is 0 Å². The van der Waals surface area contributed by atoms with Gasteiger partial charge in [0.05, 0.1) is 16.1 Å². The molecule has 0 atom stereocenters. The molecule has 0 bridgehead atoms. The first kappa shape index (κ1) is 13.8. The number of rotatable bonds is 3. The zero-order chi connectivity index (χ0) is 13.8. The molecule has 6 heteroatoms. The second-order valence-electron chi connectivity index (χ2n) is 3.51. The highest BCUT2D eigenvalue weighted by molar-refractivity contribution is 9.11. The summed E-state index contributed by atoms with van der Waals surface area (Å²) in [6.45, 7) is 0. The molecule has 0 aliphatic heterocycles. The molecule has 0 fully saturated rings. The molecule has 0 radical (unpaired) electrons. The van der Waals surface area contributed by atoms with Gasteiger partial charge in [0.15, 0.2) is 0 Å². The van der Waals surface area contributed by atoms with Crippen LogP contribution in [-0.4, -0.2) is 12.1 Å². The van der Waals surface area contributed by atoms with Crippen molar-refractivity contribution in [3.05, 3.63) is 45.1 Å². The zero-order valence-electron chi connectivity index (χ0n) is 9.85. The van der Waals surface area contributed by atoms with E-state index in [1.165, 1.54) is 6.20 Å². The maximum atomic E-state index is 8.79. The van der Waals surface area contributed by atoms with Gasteiger partial charge in [0, 0.05) is 12.3 Å². The summed E-state index contributed by atoms with van der Waals surface area (Å²) in [5.74, 6) is 1.86. The maximum Gasteiger partial charge on any atom is 0.144 e. The van der Waals surface area contributed by atoms with Crippen molar-refractivity contribution in [3.63, 3.8) is 0 Å². The van der Waals surface area contributed by atoms with Crippen LogP contribution in [0.1, 0.15) is 5.69 Å². The Morgan fingerprint density at radius 2 is 1.84 bits per heavy atom. The largest absolute Gasteiger partial charge is 0.496 e. The van der Waals surface area contributed by atoms with Gasteiger partial charge in [-0.05, 0) is 50.1 Å². The lowest BCUT2D eigenvalue weighted by atomic mass is 10.3. The first-order valence-electron chi connectivity index (χ1n) is 5.21. The van der Waals surface area contributed by atoms with Gasteiger partial charge in [0.2, 0.25) is 0 Å². The van der Waals surface area contributed by atoms with Crippen molar-refractivity contribution in [1.82, 2.24) is 4.98 Å². The minimum absolute atomic E-state index is 0.307. The molecular formula is C13H8Br2N2O2. The molecule has 0 saturated heterocycles. The van der Waals surface area contributed by atoms with E-state index in [4.69, 9.17) is 14.7 Å². The lowest BCUT2D eigenvalue weighted by Gasteiger charge is -2.10. The summed E-state index contributed by atoms with van der Waals surface area (Å²) in [5, 5.41) is 8.79. The first-order valence-corrected chi connectivity index (χ1v) is 6.79. The third kappa shape index (κ3) is 3.25. The molecule has 0 aliphatic rings. The Hall–Kier alpha value is -1.58. The van der Waals surface area contributed by atoms with Gasteiger partial charge in [0.25, 0.3) is 0 Å².